The van der Waals surface area contributed by atoms with Crippen LogP contribution in [0, 0.1) is 0 Å². The number of ether oxygens (including phenoxy) is 4. The molecule has 0 bridgehead atoms. The summed E-state index contributed by atoms with van der Waals surface area (Å²) in [7, 11) is 0. The third-order valence-corrected chi connectivity index (χ3v) is 4.85. The minimum Gasteiger partial charge on any atom is -0.490 e. The summed E-state index contributed by atoms with van der Waals surface area (Å²) in [5.41, 5.74) is 1.65. The molecule has 2 heterocycles. The predicted molar refractivity (Wildman–Crippen MR) is 110 cm³/mol. The van der Waals surface area contributed by atoms with Crippen LogP contribution >= 0.6 is 11.3 Å². The van der Waals surface area contributed by atoms with Gasteiger partial charge in [0.15, 0.2) is 34.7 Å². The molecule has 0 aliphatic carbocycles. The number of fused-ring (bicyclic) bond motifs is 1. The summed E-state index contributed by atoms with van der Waals surface area (Å²) in [6, 6.07) is 12.9. The van der Waals surface area contributed by atoms with Gasteiger partial charge in [0.2, 0.25) is 0 Å². The minimum atomic E-state index is -0.292. The summed E-state index contributed by atoms with van der Waals surface area (Å²) in [5.74, 6) is 2.28. The Balaban J connectivity index is 1.37. The number of hydrogen-bond donors (Lipinski definition) is 1. The SMILES string of the molecule is CCOc1ccccc1OCC(=O)Nc1nc(-c2ccc3c(c2)OCCO3)cs1. The van der Waals surface area contributed by atoms with Gasteiger partial charge < -0.3 is 18.9 Å². The average molecular weight is 412 g/mol. The van der Waals surface area contributed by atoms with Gasteiger partial charge in [0.05, 0.1) is 12.3 Å². The molecule has 1 aromatic heterocycles. The first-order chi connectivity index (χ1) is 14.2. The number of rotatable bonds is 7. The zero-order valence-electron chi connectivity index (χ0n) is 15.8. The van der Waals surface area contributed by atoms with E-state index in [2.05, 4.69) is 10.3 Å². The summed E-state index contributed by atoms with van der Waals surface area (Å²) >= 11 is 1.35. The van der Waals surface area contributed by atoms with Crippen LogP contribution in [-0.4, -0.2) is 37.3 Å². The van der Waals surface area contributed by atoms with Gasteiger partial charge in [-0.1, -0.05) is 12.1 Å². The van der Waals surface area contributed by atoms with Gasteiger partial charge in [-0.25, -0.2) is 4.98 Å². The van der Waals surface area contributed by atoms with E-state index in [0.29, 0.717) is 42.2 Å². The third kappa shape index (κ3) is 4.60. The van der Waals surface area contributed by atoms with E-state index in [-0.39, 0.29) is 12.5 Å². The van der Waals surface area contributed by atoms with Crippen LogP contribution in [0.2, 0.25) is 0 Å². The minimum absolute atomic E-state index is 0.136. The number of aromatic nitrogens is 1. The van der Waals surface area contributed by atoms with Crippen molar-refractivity contribution in [1.29, 1.82) is 0 Å². The fraction of sp³-hybridized carbons (Fsp3) is 0.238. The highest BCUT2D eigenvalue weighted by Crippen LogP contribution is 2.35. The van der Waals surface area contributed by atoms with Crippen molar-refractivity contribution in [3.05, 3.63) is 47.8 Å². The topological polar surface area (TPSA) is 78.9 Å². The van der Waals surface area contributed by atoms with E-state index in [0.717, 1.165) is 17.0 Å². The number of benzene rings is 2. The van der Waals surface area contributed by atoms with Gasteiger partial charge in [-0.3, -0.25) is 10.1 Å². The number of anilines is 1. The first kappa shape index (κ1) is 19.1. The maximum atomic E-state index is 12.2. The molecule has 7 nitrogen and oxygen atoms in total. The van der Waals surface area contributed by atoms with Gasteiger partial charge in [0.25, 0.3) is 5.91 Å². The first-order valence-electron chi connectivity index (χ1n) is 9.23. The Hall–Kier alpha value is -3.26. The molecule has 1 aliphatic rings. The number of thiazole rings is 1. The standard InChI is InChI=1S/C21H20N2O5S/c1-2-25-16-5-3-4-6-17(16)28-12-20(24)23-21-22-15(13-29-21)14-7-8-18-19(11-14)27-10-9-26-18/h3-8,11,13H,2,9-10,12H2,1H3,(H,22,23,24). The van der Waals surface area contributed by atoms with Gasteiger partial charge in [-0.2, -0.15) is 0 Å². The molecular formula is C21H20N2O5S. The highest BCUT2D eigenvalue weighted by Gasteiger charge is 2.15. The van der Waals surface area contributed by atoms with Crippen molar-refractivity contribution in [2.45, 2.75) is 6.92 Å². The summed E-state index contributed by atoms with van der Waals surface area (Å²) in [4.78, 5) is 16.7. The van der Waals surface area contributed by atoms with Crippen molar-refractivity contribution >= 4 is 22.4 Å². The van der Waals surface area contributed by atoms with Gasteiger partial charge in [-0.15, -0.1) is 11.3 Å². The molecule has 1 N–H and O–H groups in total. The Morgan fingerprint density at radius 2 is 1.86 bits per heavy atom. The van der Waals surface area contributed by atoms with Crippen LogP contribution in [0.25, 0.3) is 11.3 Å². The van der Waals surface area contributed by atoms with Crippen molar-refractivity contribution in [3.8, 4) is 34.3 Å². The second-order valence-corrected chi connectivity index (χ2v) is 6.97. The number of amides is 1. The summed E-state index contributed by atoms with van der Waals surface area (Å²) < 4.78 is 22.2. The summed E-state index contributed by atoms with van der Waals surface area (Å²) in [5, 5.41) is 5.15. The predicted octanol–water partition coefficient (Wildman–Crippen LogP) is 4.00. The van der Waals surface area contributed by atoms with Crippen molar-refractivity contribution in [3.63, 3.8) is 0 Å². The molecule has 1 amide bonds. The Morgan fingerprint density at radius 1 is 1.10 bits per heavy atom. The van der Waals surface area contributed by atoms with Crippen LogP contribution in [0.4, 0.5) is 5.13 Å². The van der Waals surface area contributed by atoms with Gasteiger partial charge in [0, 0.05) is 10.9 Å². The van der Waals surface area contributed by atoms with Crippen LogP contribution in [0.5, 0.6) is 23.0 Å². The van der Waals surface area contributed by atoms with Crippen molar-refractivity contribution < 1.29 is 23.7 Å². The first-order valence-corrected chi connectivity index (χ1v) is 10.1. The fourth-order valence-electron chi connectivity index (χ4n) is 2.81. The van der Waals surface area contributed by atoms with Crippen LogP contribution in [0.15, 0.2) is 47.8 Å². The van der Waals surface area contributed by atoms with Crippen LogP contribution < -0.4 is 24.3 Å². The van der Waals surface area contributed by atoms with E-state index < -0.39 is 0 Å². The lowest BCUT2D eigenvalue weighted by molar-refractivity contribution is -0.118. The molecule has 3 aromatic rings. The molecule has 2 aromatic carbocycles. The Kier molecular flexibility index (Phi) is 5.81. The molecule has 0 unspecified atom stereocenters. The van der Waals surface area contributed by atoms with E-state index >= 15 is 0 Å². The van der Waals surface area contributed by atoms with Crippen molar-refractivity contribution in [2.24, 2.45) is 0 Å². The molecule has 4 rings (SSSR count). The van der Waals surface area contributed by atoms with Gasteiger partial charge in [0.1, 0.15) is 13.2 Å². The summed E-state index contributed by atoms with van der Waals surface area (Å²) in [6.45, 7) is 3.36. The molecule has 0 saturated carbocycles. The van der Waals surface area contributed by atoms with Crippen LogP contribution in [-0.2, 0) is 4.79 Å². The molecule has 150 valence electrons. The second kappa shape index (κ2) is 8.83. The largest absolute Gasteiger partial charge is 0.490 e. The maximum Gasteiger partial charge on any atom is 0.264 e. The van der Waals surface area contributed by atoms with Crippen LogP contribution in [0.1, 0.15) is 6.92 Å². The Bertz CT molecular complexity index is 1000. The zero-order valence-corrected chi connectivity index (χ0v) is 16.7. The number of nitrogens with zero attached hydrogens (tertiary/aromatic N) is 1. The molecule has 1 aliphatic heterocycles. The highest BCUT2D eigenvalue weighted by molar-refractivity contribution is 7.14. The Labute approximate surface area is 172 Å². The van der Waals surface area contributed by atoms with E-state index in [9.17, 15) is 4.79 Å². The molecule has 0 fully saturated rings. The Morgan fingerprint density at radius 3 is 2.66 bits per heavy atom. The second-order valence-electron chi connectivity index (χ2n) is 6.11. The van der Waals surface area contributed by atoms with E-state index in [4.69, 9.17) is 18.9 Å². The molecule has 8 heteroatoms. The van der Waals surface area contributed by atoms with Crippen molar-refractivity contribution in [2.75, 3.05) is 31.7 Å². The van der Waals surface area contributed by atoms with Gasteiger partial charge >= 0.3 is 0 Å². The average Bonchev–Trinajstić information content (AvgIpc) is 3.21. The fourth-order valence-corrected chi connectivity index (χ4v) is 3.55. The lowest BCUT2D eigenvalue weighted by Gasteiger charge is -2.18. The smallest absolute Gasteiger partial charge is 0.264 e. The molecule has 0 atom stereocenters. The number of nitrogens with one attached hydrogen (secondary N) is 1. The summed E-state index contributed by atoms with van der Waals surface area (Å²) in [6.07, 6.45) is 0. The molecule has 0 spiro atoms. The number of para-hydroxylation sites is 2. The quantitative estimate of drug-likeness (QED) is 0.632. The van der Waals surface area contributed by atoms with E-state index in [1.54, 1.807) is 12.1 Å². The zero-order chi connectivity index (χ0) is 20.1. The monoisotopic (exact) mass is 412 g/mol. The van der Waals surface area contributed by atoms with Crippen molar-refractivity contribution in [1.82, 2.24) is 4.98 Å². The lowest BCUT2D eigenvalue weighted by atomic mass is 10.1. The lowest BCUT2D eigenvalue weighted by Crippen LogP contribution is -2.20. The molecule has 0 radical (unpaired) electrons. The third-order valence-electron chi connectivity index (χ3n) is 4.10. The molecule has 0 saturated heterocycles. The van der Waals surface area contributed by atoms with E-state index in [1.807, 2.05) is 42.6 Å². The number of carbonyl (C=O) groups excluding carboxylic acids is 1. The molecule has 29 heavy (non-hydrogen) atoms. The molecular weight excluding hydrogens is 392 g/mol. The number of hydrogen-bond acceptors (Lipinski definition) is 7. The normalized spacial score (nSPS) is 12.3. The van der Waals surface area contributed by atoms with E-state index in [1.165, 1.54) is 11.3 Å². The number of carbonyl (C=O) groups is 1. The van der Waals surface area contributed by atoms with Crippen LogP contribution in [0.3, 0.4) is 0 Å². The van der Waals surface area contributed by atoms with Gasteiger partial charge in [-0.05, 0) is 37.3 Å². The highest BCUT2D eigenvalue weighted by atomic mass is 32.1. The maximum absolute atomic E-state index is 12.2.